The summed E-state index contributed by atoms with van der Waals surface area (Å²) in [7, 11) is 0. The molecule has 2 atom stereocenters. The van der Waals surface area contributed by atoms with E-state index < -0.39 is 11.9 Å². The molecule has 0 N–H and O–H groups in total. The summed E-state index contributed by atoms with van der Waals surface area (Å²) in [6.45, 7) is 2.97. The zero-order chi connectivity index (χ0) is 15.7. The first-order valence-corrected chi connectivity index (χ1v) is 7.37. The highest BCUT2D eigenvalue weighted by molar-refractivity contribution is 6.33. The van der Waals surface area contributed by atoms with Gasteiger partial charge in [-0.2, -0.15) is 4.99 Å². The van der Waals surface area contributed by atoms with Gasteiger partial charge in [-0.3, -0.25) is 9.69 Å². The minimum atomic E-state index is -0.560. The number of fused-ring (bicyclic) bond motifs is 1. The zero-order valence-corrected chi connectivity index (χ0v) is 12.8. The fourth-order valence-electron chi connectivity index (χ4n) is 2.60. The molecule has 2 unspecified atom stereocenters. The van der Waals surface area contributed by atoms with E-state index in [1.54, 1.807) is 30.8 Å². The summed E-state index contributed by atoms with van der Waals surface area (Å²) in [5.74, 6) is -0.733. The first kappa shape index (κ1) is 14.7. The highest BCUT2D eigenvalue weighted by Crippen LogP contribution is 2.24. The molecule has 3 rings (SSSR count). The van der Waals surface area contributed by atoms with Crippen LogP contribution in [0.2, 0.25) is 0 Å². The van der Waals surface area contributed by atoms with Crippen LogP contribution in [0, 0.1) is 11.8 Å². The van der Waals surface area contributed by atoms with Gasteiger partial charge in [0.2, 0.25) is 5.91 Å². The van der Waals surface area contributed by atoms with Gasteiger partial charge in [-0.25, -0.2) is 9.78 Å². The molecule has 22 heavy (non-hydrogen) atoms. The van der Waals surface area contributed by atoms with Crippen molar-refractivity contribution in [2.24, 2.45) is 16.8 Å². The van der Waals surface area contributed by atoms with Crippen LogP contribution in [-0.4, -0.2) is 38.6 Å². The van der Waals surface area contributed by atoms with E-state index >= 15 is 0 Å². The molecule has 1 aromatic rings. The number of allylic oxidation sites excluding steroid dienone is 3. The fourth-order valence-corrected chi connectivity index (χ4v) is 2.79. The van der Waals surface area contributed by atoms with Crippen LogP contribution in [-0.2, 0) is 11.3 Å². The minimum Gasteiger partial charge on any atom is -0.337 e. The summed E-state index contributed by atoms with van der Waals surface area (Å²) < 4.78 is 1.92. The molecule has 1 aliphatic carbocycles. The van der Waals surface area contributed by atoms with Gasteiger partial charge in [0, 0.05) is 30.5 Å². The molecular weight excluding hydrogens is 304 g/mol. The number of imidazole rings is 1. The van der Waals surface area contributed by atoms with E-state index in [0.717, 1.165) is 0 Å². The van der Waals surface area contributed by atoms with Crippen LogP contribution >= 0.6 is 11.6 Å². The number of hydrogen-bond donors (Lipinski definition) is 0. The van der Waals surface area contributed by atoms with Crippen LogP contribution < -0.4 is 0 Å². The number of aliphatic imine (C=N–C) groups is 1. The average Bonchev–Trinajstić information content (AvgIpc) is 2.97. The minimum absolute atomic E-state index is 0.0948. The predicted octanol–water partition coefficient (Wildman–Crippen LogP) is 2.23. The van der Waals surface area contributed by atoms with Gasteiger partial charge in [-0.1, -0.05) is 18.5 Å². The van der Waals surface area contributed by atoms with Gasteiger partial charge in [-0.15, -0.1) is 0 Å². The third kappa shape index (κ3) is 2.87. The van der Waals surface area contributed by atoms with Gasteiger partial charge in [0.15, 0.2) is 0 Å². The Kier molecular flexibility index (Phi) is 3.94. The Hall–Kier alpha value is -2.21. The molecule has 0 aromatic carbocycles. The molecule has 0 radical (unpaired) electrons. The Morgan fingerprint density at radius 3 is 2.86 bits per heavy atom. The number of halogens is 1. The molecule has 7 heteroatoms. The van der Waals surface area contributed by atoms with Gasteiger partial charge < -0.3 is 4.57 Å². The molecule has 3 amide bonds. The average molecular weight is 319 g/mol. The summed E-state index contributed by atoms with van der Waals surface area (Å²) >= 11 is 5.94. The second kappa shape index (κ2) is 5.88. The Labute approximate surface area is 132 Å². The number of imide groups is 1. The molecule has 2 heterocycles. The molecule has 6 nitrogen and oxygen atoms in total. The number of amides is 3. The summed E-state index contributed by atoms with van der Waals surface area (Å²) in [4.78, 5) is 33.8. The molecule has 0 saturated heterocycles. The van der Waals surface area contributed by atoms with Crippen molar-refractivity contribution in [3.05, 3.63) is 42.0 Å². The lowest BCUT2D eigenvalue weighted by Gasteiger charge is -2.30. The van der Waals surface area contributed by atoms with Crippen molar-refractivity contribution in [2.75, 3.05) is 6.54 Å². The first-order valence-electron chi connectivity index (χ1n) is 6.99. The maximum Gasteiger partial charge on any atom is 0.350 e. The topological polar surface area (TPSA) is 67.6 Å². The third-order valence-corrected chi connectivity index (χ3v) is 3.87. The molecule has 0 spiro atoms. The van der Waals surface area contributed by atoms with Crippen molar-refractivity contribution in [2.45, 2.75) is 13.5 Å². The maximum atomic E-state index is 12.5. The summed E-state index contributed by atoms with van der Waals surface area (Å²) in [6.07, 6.45) is 10.1. The van der Waals surface area contributed by atoms with Crippen LogP contribution in [0.3, 0.4) is 0 Å². The van der Waals surface area contributed by atoms with Crippen molar-refractivity contribution >= 4 is 29.3 Å². The highest BCUT2D eigenvalue weighted by Gasteiger charge is 2.36. The number of hydrogen-bond acceptors (Lipinski definition) is 3. The lowest BCUT2D eigenvalue weighted by molar-refractivity contribution is -0.129. The normalized spacial score (nSPS) is 22.3. The zero-order valence-electron chi connectivity index (χ0n) is 12.0. The van der Waals surface area contributed by atoms with E-state index in [1.165, 1.54) is 4.90 Å². The van der Waals surface area contributed by atoms with Gasteiger partial charge in [0.1, 0.15) is 5.92 Å². The van der Waals surface area contributed by atoms with Crippen LogP contribution in [0.25, 0.3) is 0 Å². The van der Waals surface area contributed by atoms with E-state index in [0.29, 0.717) is 23.8 Å². The molecule has 0 bridgehead atoms. The lowest BCUT2D eigenvalue weighted by atomic mass is 9.95. The number of aromatic nitrogens is 2. The molecule has 1 aromatic heterocycles. The Morgan fingerprint density at radius 1 is 1.32 bits per heavy atom. The van der Waals surface area contributed by atoms with Crippen molar-refractivity contribution < 1.29 is 9.59 Å². The van der Waals surface area contributed by atoms with Crippen LogP contribution in [0.1, 0.15) is 6.92 Å². The van der Waals surface area contributed by atoms with Gasteiger partial charge in [0.05, 0.1) is 12.0 Å². The third-order valence-electron chi connectivity index (χ3n) is 3.62. The lowest BCUT2D eigenvalue weighted by Crippen LogP contribution is -2.48. The summed E-state index contributed by atoms with van der Waals surface area (Å²) in [5, 5.41) is 0.484. The standard InChI is InChI=1S/C15H15ClN4O2/c1-10(7-19-5-4-17-9-19)8-20-14(21)12-6-11(16)2-3-13(12)18-15(20)22/h2-6,9-10,12H,7-8H2,1H3. The Morgan fingerprint density at radius 2 is 2.14 bits per heavy atom. The highest BCUT2D eigenvalue weighted by atomic mass is 35.5. The number of nitrogens with zero attached hydrogens (tertiary/aromatic N) is 4. The molecule has 1 aliphatic heterocycles. The van der Waals surface area contributed by atoms with E-state index in [9.17, 15) is 9.59 Å². The van der Waals surface area contributed by atoms with Crippen molar-refractivity contribution in [1.82, 2.24) is 14.5 Å². The second-order valence-electron chi connectivity index (χ2n) is 5.50. The van der Waals surface area contributed by atoms with E-state index in [1.807, 2.05) is 17.7 Å². The summed E-state index contributed by atoms with van der Waals surface area (Å²) in [6, 6.07) is -0.509. The smallest absolute Gasteiger partial charge is 0.337 e. The number of urea groups is 1. The van der Waals surface area contributed by atoms with Crippen molar-refractivity contribution in [1.29, 1.82) is 0 Å². The second-order valence-corrected chi connectivity index (χ2v) is 5.93. The van der Waals surface area contributed by atoms with E-state index in [4.69, 9.17) is 11.6 Å². The van der Waals surface area contributed by atoms with Crippen molar-refractivity contribution in [3.8, 4) is 0 Å². The number of carbonyl (C=O) groups excluding carboxylic acids is 2. The van der Waals surface area contributed by atoms with Crippen LogP contribution in [0.5, 0.6) is 0 Å². The first-order chi connectivity index (χ1) is 10.5. The Bertz CT molecular complexity index is 690. The summed E-state index contributed by atoms with van der Waals surface area (Å²) in [5.41, 5.74) is 0.456. The molecule has 114 valence electrons. The Balaban J connectivity index is 1.74. The van der Waals surface area contributed by atoms with Crippen molar-refractivity contribution in [3.63, 3.8) is 0 Å². The van der Waals surface area contributed by atoms with Crippen LogP contribution in [0.15, 0.2) is 47.0 Å². The predicted molar refractivity (Wildman–Crippen MR) is 82.5 cm³/mol. The van der Waals surface area contributed by atoms with Gasteiger partial charge in [-0.05, 0) is 24.1 Å². The van der Waals surface area contributed by atoms with E-state index in [-0.39, 0.29) is 11.8 Å². The molecule has 0 saturated carbocycles. The quantitative estimate of drug-likeness (QED) is 0.855. The van der Waals surface area contributed by atoms with Crippen LogP contribution in [0.4, 0.5) is 4.79 Å². The molecule has 2 aliphatic rings. The van der Waals surface area contributed by atoms with E-state index in [2.05, 4.69) is 9.98 Å². The van der Waals surface area contributed by atoms with Gasteiger partial charge in [0.25, 0.3) is 0 Å². The molecule has 0 fully saturated rings. The van der Waals surface area contributed by atoms with Gasteiger partial charge >= 0.3 is 6.03 Å². The molecular formula is C15H15ClN4O2. The maximum absolute atomic E-state index is 12.5. The number of carbonyl (C=O) groups is 2. The fraction of sp³-hybridized carbons (Fsp3) is 0.333. The monoisotopic (exact) mass is 318 g/mol. The number of rotatable bonds is 4. The largest absolute Gasteiger partial charge is 0.350 e. The SMILES string of the molecule is CC(CN1C(=O)N=C2C=CC(Cl)=CC2C1=O)Cn1ccnc1.